The second kappa shape index (κ2) is 7.41. The summed E-state index contributed by atoms with van der Waals surface area (Å²) in [6.07, 6.45) is 4.02. The van der Waals surface area contributed by atoms with Crippen LogP contribution in [0.15, 0.2) is 4.99 Å². The number of hydrogen-bond acceptors (Lipinski definition) is 2. The number of aliphatic imine (C=N–C) groups is 1. The Bertz CT molecular complexity index is 190. The van der Waals surface area contributed by atoms with E-state index in [2.05, 4.69) is 22.5 Å². The van der Waals surface area contributed by atoms with Gasteiger partial charge in [-0.05, 0) is 20.3 Å². The Morgan fingerprint density at radius 2 is 2.23 bits per heavy atom. The molecule has 2 N–H and O–H groups in total. The van der Waals surface area contributed by atoms with Gasteiger partial charge in [-0.1, -0.05) is 13.3 Å². The van der Waals surface area contributed by atoms with Crippen LogP contribution in [0, 0.1) is 11.5 Å². The maximum atomic E-state index is 8.42. The third-order valence-electron chi connectivity index (χ3n) is 1.38. The molecule has 0 spiro atoms. The maximum Gasteiger partial charge on any atom is 0.204 e. The molecule has 0 radical (unpaired) electrons. The van der Waals surface area contributed by atoms with Crippen LogP contribution in [-0.2, 0) is 0 Å². The van der Waals surface area contributed by atoms with Gasteiger partial charge in [0.05, 0.1) is 0 Å². The van der Waals surface area contributed by atoms with Crippen molar-refractivity contribution in [2.24, 2.45) is 4.99 Å². The van der Waals surface area contributed by atoms with Gasteiger partial charge in [-0.2, -0.15) is 5.26 Å². The molecule has 0 fully saturated rings. The first-order valence-corrected chi connectivity index (χ1v) is 4.66. The van der Waals surface area contributed by atoms with Gasteiger partial charge < -0.3 is 5.32 Å². The monoisotopic (exact) mass is 182 g/mol. The summed E-state index contributed by atoms with van der Waals surface area (Å²) in [7, 11) is 0. The molecule has 0 saturated carbocycles. The average Bonchev–Trinajstić information content (AvgIpc) is 2.04. The number of rotatable bonds is 4. The zero-order chi connectivity index (χ0) is 10.1. The Kier molecular flexibility index (Phi) is 6.70. The van der Waals surface area contributed by atoms with Gasteiger partial charge in [0.2, 0.25) is 5.96 Å². The zero-order valence-corrected chi connectivity index (χ0v) is 8.59. The minimum atomic E-state index is 0.293. The fourth-order valence-corrected chi connectivity index (χ4v) is 0.797. The van der Waals surface area contributed by atoms with E-state index in [-0.39, 0.29) is 0 Å². The molecule has 4 nitrogen and oxygen atoms in total. The van der Waals surface area contributed by atoms with Crippen molar-refractivity contribution in [1.29, 1.82) is 5.26 Å². The van der Waals surface area contributed by atoms with Crippen LogP contribution in [0.5, 0.6) is 0 Å². The molecule has 0 saturated heterocycles. The summed E-state index contributed by atoms with van der Waals surface area (Å²) in [6.45, 7) is 6.89. The van der Waals surface area contributed by atoms with Crippen LogP contribution >= 0.6 is 0 Å². The van der Waals surface area contributed by atoms with Gasteiger partial charge in [-0.25, -0.2) is 0 Å². The van der Waals surface area contributed by atoms with E-state index in [9.17, 15) is 0 Å². The lowest BCUT2D eigenvalue weighted by atomic mass is 10.3. The van der Waals surface area contributed by atoms with Gasteiger partial charge in [0.15, 0.2) is 6.19 Å². The zero-order valence-electron chi connectivity index (χ0n) is 8.59. The smallest absolute Gasteiger partial charge is 0.204 e. The Morgan fingerprint density at radius 3 is 2.69 bits per heavy atom. The standard InChI is InChI=1S/C9H18N4/c1-4-5-6-11-9(12-7-10)13-8(2)3/h8H,4-6H2,1-3H3,(H2,11,12,13). The van der Waals surface area contributed by atoms with Crippen LogP contribution in [0.3, 0.4) is 0 Å². The van der Waals surface area contributed by atoms with E-state index < -0.39 is 0 Å². The molecule has 0 heterocycles. The average molecular weight is 182 g/mol. The first-order chi connectivity index (χ1) is 6.20. The highest BCUT2D eigenvalue weighted by Crippen LogP contribution is 1.87. The van der Waals surface area contributed by atoms with Crippen molar-refractivity contribution in [2.45, 2.75) is 39.7 Å². The second-order valence-corrected chi connectivity index (χ2v) is 3.12. The van der Waals surface area contributed by atoms with E-state index in [4.69, 9.17) is 5.26 Å². The Balaban J connectivity index is 3.92. The van der Waals surface area contributed by atoms with E-state index in [0.717, 1.165) is 19.4 Å². The lowest BCUT2D eigenvalue weighted by molar-refractivity contribution is 0.709. The number of nitriles is 1. The number of nitrogens with one attached hydrogen (secondary N) is 2. The summed E-state index contributed by atoms with van der Waals surface area (Å²) in [5.74, 6) is 0.575. The minimum Gasteiger partial charge on any atom is -0.353 e. The molecule has 0 unspecified atom stereocenters. The number of hydrogen-bond donors (Lipinski definition) is 2. The van der Waals surface area contributed by atoms with Gasteiger partial charge in [0, 0.05) is 12.6 Å². The normalized spacial score (nSPS) is 11.2. The molecule has 74 valence electrons. The van der Waals surface area contributed by atoms with E-state index in [0.29, 0.717) is 12.0 Å². The summed E-state index contributed by atoms with van der Waals surface area (Å²) in [5, 5.41) is 14.0. The van der Waals surface area contributed by atoms with Crippen molar-refractivity contribution >= 4 is 5.96 Å². The molecule has 0 bridgehead atoms. The molecule has 4 heteroatoms. The molecule has 0 aliphatic heterocycles. The molecule has 0 aromatic heterocycles. The van der Waals surface area contributed by atoms with E-state index >= 15 is 0 Å². The van der Waals surface area contributed by atoms with Crippen LogP contribution in [0.4, 0.5) is 0 Å². The van der Waals surface area contributed by atoms with E-state index in [1.165, 1.54) is 0 Å². The van der Waals surface area contributed by atoms with Crippen molar-refractivity contribution in [1.82, 2.24) is 10.6 Å². The fraction of sp³-hybridized carbons (Fsp3) is 0.778. The molecule has 13 heavy (non-hydrogen) atoms. The number of guanidine groups is 1. The van der Waals surface area contributed by atoms with Crippen LogP contribution in [0.2, 0.25) is 0 Å². The highest BCUT2D eigenvalue weighted by Gasteiger charge is 1.98. The summed E-state index contributed by atoms with van der Waals surface area (Å²) >= 11 is 0. The first kappa shape index (κ1) is 11.8. The minimum absolute atomic E-state index is 0.293. The maximum absolute atomic E-state index is 8.42. The number of nitrogens with zero attached hydrogens (tertiary/aromatic N) is 2. The van der Waals surface area contributed by atoms with Gasteiger partial charge >= 0.3 is 0 Å². The fourth-order valence-electron chi connectivity index (χ4n) is 0.797. The summed E-state index contributed by atoms with van der Waals surface area (Å²) in [6, 6.07) is 0.293. The lowest BCUT2D eigenvalue weighted by Crippen LogP contribution is -2.39. The Morgan fingerprint density at radius 1 is 1.54 bits per heavy atom. The molecular formula is C9H18N4. The van der Waals surface area contributed by atoms with Gasteiger partial charge in [0.25, 0.3) is 0 Å². The topological polar surface area (TPSA) is 60.2 Å². The highest BCUT2D eigenvalue weighted by atomic mass is 15.2. The molecule has 0 aliphatic carbocycles. The predicted molar refractivity (Wildman–Crippen MR) is 54.2 cm³/mol. The van der Waals surface area contributed by atoms with Gasteiger partial charge in [-0.3, -0.25) is 10.3 Å². The molecule has 0 atom stereocenters. The second-order valence-electron chi connectivity index (χ2n) is 3.12. The van der Waals surface area contributed by atoms with Crippen LogP contribution in [0.25, 0.3) is 0 Å². The lowest BCUT2D eigenvalue weighted by Gasteiger charge is -2.10. The highest BCUT2D eigenvalue weighted by molar-refractivity contribution is 5.81. The van der Waals surface area contributed by atoms with Crippen molar-refractivity contribution in [2.75, 3.05) is 6.54 Å². The quantitative estimate of drug-likeness (QED) is 0.226. The van der Waals surface area contributed by atoms with Crippen LogP contribution < -0.4 is 10.6 Å². The van der Waals surface area contributed by atoms with Crippen molar-refractivity contribution in [3.8, 4) is 6.19 Å². The predicted octanol–water partition coefficient (Wildman–Crippen LogP) is 1.21. The third-order valence-corrected chi connectivity index (χ3v) is 1.38. The molecule has 0 aromatic rings. The van der Waals surface area contributed by atoms with Crippen LogP contribution in [0.1, 0.15) is 33.6 Å². The van der Waals surface area contributed by atoms with Crippen molar-refractivity contribution < 1.29 is 0 Å². The molecule has 0 rings (SSSR count). The summed E-state index contributed by atoms with van der Waals surface area (Å²) in [4.78, 5) is 4.22. The largest absolute Gasteiger partial charge is 0.353 e. The van der Waals surface area contributed by atoms with Gasteiger partial charge in [-0.15, -0.1) is 0 Å². The number of unbranched alkanes of at least 4 members (excludes halogenated alkanes) is 1. The first-order valence-electron chi connectivity index (χ1n) is 4.66. The van der Waals surface area contributed by atoms with Gasteiger partial charge in [0.1, 0.15) is 0 Å². The van der Waals surface area contributed by atoms with E-state index in [1.807, 2.05) is 20.0 Å². The molecule has 0 amide bonds. The molecule has 0 aromatic carbocycles. The molecule has 0 aliphatic rings. The molecular weight excluding hydrogens is 164 g/mol. The summed E-state index contributed by atoms with van der Waals surface area (Å²) in [5.41, 5.74) is 0. The summed E-state index contributed by atoms with van der Waals surface area (Å²) < 4.78 is 0. The van der Waals surface area contributed by atoms with Crippen molar-refractivity contribution in [3.05, 3.63) is 0 Å². The van der Waals surface area contributed by atoms with Crippen molar-refractivity contribution in [3.63, 3.8) is 0 Å². The van der Waals surface area contributed by atoms with Crippen LogP contribution in [-0.4, -0.2) is 18.5 Å². The Hall–Kier alpha value is -1.24. The Labute approximate surface area is 80.0 Å². The third kappa shape index (κ3) is 7.13. The SMILES string of the molecule is CCCCN=C(NC#N)NC(C)C. The van der Waals surface area contributed by atoms with E-state index in [1.54, 1.807) is 0 Å².